The molecule has 1 aromatic carbocycles. The molecule has 2 aromatic rings. The first kappa shape index (κ1) is 24.4. The molecule has 2 N–H and O–H groups in total. The zero-order chi connectivity index (χ0) is 25.3. The maximum absolute atomic E-state index is 12.8. The molecule has 1 aromatic heterocycles. The summed E-state index contributed by atoms with van der Waals surface area (Å²) >= 11 is 0. The molecular weight excluding hydrogens is 456 g/mol. The highest BCUT2D eigenvalue weighted by Gasteiger charge is 2.36. The van der Waals surface area contributed by atoms with E-state index in [0.717, 1.165) is 32.1 Å². The minimum atomic E-state index is -0.743. The molecular formula is C24H30N4O7. The Kier molecular flexibility index (Phi) is 6.86. The van der Waals surface area contributed by atoms with Crippen LogP contribution in [0.25, 0.3) is 0 Å². The van der Waals surface area contributed by atoms with Crippen molar-refractivity contribution in [1.29, 1.82) is 0 Å². The lowest BCUT2D eigenvalue weighted by molar-refractivity contribution is -0.130. The monoisotopic (exact) mass is 486 g/mol. The molecule has 35 heavy (non-hydrogen) atoms. The van der Waals surface area contributed by atoms with Crippen LogP contribution in [-0.4, -0.2) is 52.6 Å². The van der Waals surface area contributed by atoms with Crippen molar-refractivity contribution < 1.29 is 24.1 Å². The van der Waals surface area contributed by atoms with E-state index in [4.69, 9.17) is 14.2 Å². The number of aromatic amines is 1. The molecule has 1 amide bonds. The first-order chi connectivity index (χ1) is 16.8. The van der Waals surface area contributed by atoms with Crippen molar-refractivity contribution in [1.82, 2.24) is 14.6 Å². The number of hydrazone groups is 1. The zero-order valence-electron chi connectivity index (χ0n) is 20.3. The Bertz CT molecular complexity index is 1250. The van der Waals surface area contributed by atoms with Crippen molar-refractivity contribution in [3.05, 3.63) is 44.1 Å². The maximum Gasteiger partial charge on any atom is 0.331 e. The Balaban J connectivity index is 1.79. The van der Waals surface area contributed by atoms with E-state index in [0.29, 0.717) is 22.8 Å². The summed E-state index contributed by atoms with van der Waals surface area (Å²) in [7, 11) is 4.48. The predicted molar refractivity (Wildman–Crippen MR) is 128 cm³/mol. The number of methoxy groups -OCH3 is 3. The van der Waals surface area contributed by atoms with Gasteiger partial charge in [-0.1, -0.05) is 19.3 Å². The van der Waals surface area contributed by atoms with E-state index in [1.807, 2.05) is 0 Å². The average Bonchev–Trinajstić information content (AvgIpc) is 3.28. The second kappa shape index (κ2) is 9.85. The number of aromatic nitrogens is 2. The lowest BCUT2D eigenvalue weighted by atomic mass is 9.94. The van der Waals surface area contributed by atoms with E-state index in [1.54, 1.807) is 12.1 Å². The van der Waals surface area contributed by atoms with Gasteiger partial charge in [0.25, 0.3) is 5.56 Å². The molecule has 2 heterocycles. The van der Waals surface area contributed by atoms with Crippen LogP contribution in [0, 0.1) is 0 Å². The fraction of sp³-hybridized carbons (Fsp3) is 0.500. The summed E-state index contributed by atoms with van der Waals surface area (Å²) < 4.78 is 17.5. The lowest BCUT2D eigenvalue weighted by Crippen LogP contribution is -2.36. The molecule has 1 aliphatic carbocycles. The fourth-order valence-electron chi connectivity index (χ4n) is 4.98. The van der Waals surface area contributed by atoms with Crippen molar-refractivity contribution in [2.45, 2.75) is 57.5 Å². The summed E-state index contributed by atoms with van der Waals surface area (Å²) in [5.41, 5.74) is -0.637. The number of rotatable bonds is 6. The van der Waals surface area contributed by atoms with Crippen LogP contribution in [0.5, 0.6) is 23.1 Å². The van der Waals surface area contributed by atoms with Gasteiger partial charge in [0.2, 0.25) is 17.5 Å². The van der Waals surface area contributed by atoms with Crippen LogP contribution in [0.4, 0.5) is 0 Å². The second-order valence-corrected chi connectivity index (χ2v) is 8.71. The molecule has 1 unspecified atom stereocenters. The predicted octanol–water partition coefficient (Wildman–Crippen LogP) is 2.47. The van der Waals surface area contributed by atoms with Crippen LogP contribution < -0.4 is 25.5 Å². The normalized spacial score (nSPS) is 18.3. The number of nitrogens with zero attached hydrogens (tertiary/aromatic N) is 3. The van der Waals surface area contributed by atoms with Crippen LogP contribution in [0.3, 0.4) is 0 Å². The zero-order valence-corrected chi connectivity index (χ0v) is 20.3. The van der Waals surface area contributed by atoms with Gasteiger partial charge in [0.1, 0.15) is 5.56 Å². The number of carbonyl (C=O) groups excluding carboxylic acids is 1. The number of hydrogen-bond acceptors (Lipinski definition) is 8. The lowest BCUT2D eigenvalue weighted by Gasteiger charge is -2.25. The van der Waals surface area contributed by atoms with Gasteiger partial charge in [-0.3, -0.25) is 19.1 Å². The third-order valence-electron chi connectivity index (χ3n) is 6.65. The summed E-state index contributed by atoms with van der Waals surface area (Å²) in [5, 5.41) is 16.7. The van der Waals surface area contributed by atoms with Gasteiger partial charge in [0.15, 0.2) is 11.5 Å². The van der Waals surface area contributed by atoms with Gasteiger partial charge >= 0.3 is 5.69 Å². The Labute approximate surface area is 201 Å². The summed E-state index contributed by atoms with van der Waals surface area (Å²) in [5.74, 6) is 0.449. The molecule has 1 atom stereocenters. The van der Waals surface area contributed by atoms with Crippen LogP contribution in [0.1, 0.15) is 68.7 Å². The van der Waals surface area contributed by atoms with Gasteiger partial charge in [-0.2, -0.15) is 5.10 Å². The molecule has 188 valence electrons. The standard InChI is InChI=1S/C24H30N4O7/c1-13(29)28-17(14-10-18(33-2)21(35-4)19(11-14)34-3)12-16(26-28)20-22(30)25-24(32)27(23(20)31)15-8-6-5-7-9-15/h10-11,15,17,31H,5-9,12H2,1-4H3,(H,25,30,32). The van der Waals surface area contributed by atoms with E-state index < -0.39 is 23.2 Å². The van der Waals surface area contributed by atoms with Crippen LogP contribution >= 0.6 is 0 Å². The molecule has 0 saturated heterocycles. The number of H-pyrrole nitrogens is 1. The smallest absolute Gasteiger partial charge is 0.331 e. The van der Waals surface area contributed by atoms with E-state index in [-0.39, 0.29) is 29.6 Å². The third-order valence-corrected chi connectivity index (χ3v) is 6.65. The molecule has 2 aliphatic rings. The van der Waals surface area contributed by atoms with E-state index in [2.05, 4.69) is 10.1 Å². The second-order valence-electron chi connectivity index (χ2n) is 8.71. The number of hydrogen-bond donors (Lipinski definition) is 2. The molecule has 1 saturated carbocycles. The van der Waals surface area contributed by atoms with Crippen molar-refractivity contribution in [2.24, 2.45) is 5.10 Å². The molecule has 0 bridgehead atoms. The summed E-state index contributed by atoms with van der Waals surface area (Å²) in [6.07, 6.45) is 4.55. The SMILES string of the molecule is COc1cc(C2CC(c3c(O)n(C4CCCCC4)c(=O)[nH]c3=O)=NN2C(C)=O)cc(OC)c1OC. The number of ether oxygens (including phenoxy) is 3. The van der Waals surface area contributed by atoms with Gasteiger partial charge in [0, 0.05) is 19.4 Å². The Morgan fingerprint density at radius 1 is 1.06 bits per heavy atom. The third kappa shape index (κ3) is 4.38. The minimum absolute atomic E-state index is 0.101. The molecule has 0 spiro atoms. The number of carbonyl (C=O) groups is 1. The molecule has 11 nitrogen and oxygen atoms in total. The minimum Gasteiger partial charge on any atom is -0.494 e. The molecule has 11 heteroatoms. The van der Waals surface area contributed by atoms with Crippen molar-refractivity contribution >= 4 is 11.6 Å². The maximum atomic E-state index is 12.8. The summed E-state index contributed by atoms with van der Waals surface area (Å²) in [6, 6.07) is 2.63. The van der Waals surface area contributed by atoms with E-state index >= 15 is 0 Å². The molecule has 0 radical (unpaired) electrons. The summed E-state index contributed by atoms with van der Waals surface area (Å²) in [4.78, 5) is 40.2. The highest BCUT2D eigenvalue weighted by molar-refractivity contribution is 6.04. The fourth-order valence-corrected chi connectivity index (χ4v) is 4.98. The quantitative estimate of drug-likeness (QED) is 0.640. The largest absolute Gasteiger partial charge is 0.494 e. The van der Waals surface area contributed by atoms with E-state index in [9.17, 15) is 19.5 Å². The van der Waals surface area contributed by atoms with Crippen LogP contribution in [0.2, 0.25) is 0 Å². The van der Waals surface area contributed by atoms with E-state index in [1.165, 1.54) is 37.8 Å². The Morgan fingerprint density at radius 3 is 2.23 bits per heavy atom. The first-order valence-corrected chi connectivity index (χ1v) is 11.6. The van der Waals surface area contributed by atoms with Crippen LogP contribution in [0.15, 0.2) is 26.8 Å². The van der Waals surface area contributed by atoms with Crippen molar-refractivity contribution in [2.75, 3.05) is 21.3 Å². The van der Waals surface area contributed by atoms with Crippen molar-refractivity contribution in [3.63, 3.8) is 0 Å². The van der Waals surface area contributed by atoms with Crippen LogP contribution in [-0.2, 0) is 4.79 Å². The van der Waals surface area contributed by atoms with Gasteiger partial charge in [-0.05, 0) is 30.5 Å². The highest BCUT2D eigenvalue weighted by Crippen LogP contribution is 2.43. The number of benzene rings is 1. The summed E-state index contributed by atoms with van der Waals surface area (Å²) in [6.45, 7) is 1.37. The molecule has 4 rings (SSSR count). The highest BCUT2D eigenvalue weighted by atomic mass is 16.5. The Hall–Kier alpha value is -3.76. The van der Waals surface area contributed by atoms with Gasteiger partial charge < -0.3 is 19.3 Å². The number of nitrogens with one attached hydrogen (secondary N) is 1. The van der Waals surface area contributed by atoms with Crippen molar-refractivity contribution in [3.8, 4) is 23.1 Å². The Morgan fingerprint density at radius 2 is 1.69 bits per heavy atom. The molecule has 1 aliphatic heterocycles. The van der Waals surface area contributed by atoms with Gasteiger partial charge in [-0.15, -0.1) is 0 Å². The first-order valence-electron chi connectivity index (χ1n) is 11.6. The topological polar surface area (TPSA) is 135 Å². The molecule has 1 fully saturated rings. The number of aromatic hydroxyl groups is 1. The number of amides is 1. The van der Waals surface area contributed by atoms with Gasteiger partial charge in [-0.25, -0.2) is 9.80 Å². The van der Waals surface area contributed by atoms with Gasteiger partial charge in [0.05, 0.1) is 33.1 Å². The average molecular weight is 487 g/mol.